The Labute approximate surface area is 124 Å². The van der Waals surface area contributed by atoms with Crippen molar-refractivity contribution in [3.05, 3.63) is 35.6 Å². The summed E-state index contributed by atoms with van der Waals surface area (Å²) in [7, 11) is 0. The van der Waals surface area contributed by atoms with Crippen LogP contribution in [-0.2, 0) is 6.54 Å². The van der Waals surface area contributed by atoms with Crippen LogP contribution in [0.15, 0.2) is 28.7 Å². The number of hydrogen-bond acceptors (Lipinski definition) is 3. The largest absolute Gasteiger partial charge is 0.475 e. The average molecular weight is 287 g/mol. The zero-order valence-electron chi connectivity index (χ0n) is 12.3. The number of fused-ring (bicyclic) bond motifs is 1. The molecule has 21 heavy (non-hydrogen) atoms. The van der Waals surface area contributed by atoms with Crippen molar-refractivity contribution in [3.8, 4) is 0 Å². The summed E-state index contributed by atoms with van der Waals surface area (Å²) in [4.78, 5) is 10.9. The molecule has 1 aromatic heterocycles. The highest BCUT2D eigenvalue weighted by Crippen LogP contribution is 2.30. The Hall–Kier alpha value is -1.81. The molecule has 3 rings (SSSR count). The van der Waals surface area contributed by atoms with Crippen molar-refractivity contribution in [2.45, 2.75) is 32.7 Å². The maximum absolute atomic E-state index is 10.9. The number of hydrogen-bond donors (Lipinski definition) is 2. The van der Waals surface area contributed by atoms with Gasteiger partial charge in [0, 0.05) is 11.9 Å². The van der Waals surface area contributed by atoms with E-state index >= 15 is 0 Å². The lowest BCUT2D eigenvalue weighted by atomic mass is 9.98. The highest BCUT2D eigenvalue weighted by atomic mass is 16.4. The van der Waals surface area contributed by atoms with E-state index in [4.69, 9.17) is 9.52 Å². The molecule has 1 aromatic carbocycles. The van der Waals surface area contributed by atoms with Crippen LogP contribution < -0.4 is 5.32 Å². The van der Waals surface area contributed by atoms with E-state index < -0.39 is 5.97 Å². The fourth-order valence-electron chi connectivity index (χ4n) is 3.24. The minimum Gasteiger partial charge on any atom is -0.475 e. The van der Waals surface area contributed by atoms with Gasteiger partial charge in [0.05, 0.1) is 0 Å². The summed E-state index contributed by atoms with van der Waals surface area (Å²) >= 11 is 0. The zero-order chi connectivity index (χ0) is 14.8. The van der Waals surface area contributed by atoms with Crippen LogP contribution in [0.25, 0.3) is 11.0 Å². The molecule has 0 amide bonds. The van der Waals surface area contributed by atoms with E-state index in [2.05, 4.69) is 12.2 Å². The summed E-state index contributed by atoms with van der Waals surface area (Å²) in [6.07, 6.45) is 4.04. The molecular formula is C17H21NO3. The second-order valence-corrected chi connectivity index (χ2v) is 6.09. The van der Waals surface area contributed by atoms with E-state index in [9.17, 15) is 4.79 Å². The van der Waals surface area contributed by atoms with Crippen LogP contribution in [-0.4, -0.2) is 17.6 Å². The molecule has 1 heterocycles. The van der Waals surface area contributed by atoms with Gasteiger partial charge in [-0.1, -0.05) is 25.8 Å². The van der Waals surface area contributed by atoms with Crippen LogP contribution in [0.2, 0.25) is 0 Å². The molecule has 1 aliphatic rings. The maximum atomic E-state index is 10.9. The monoisotopic (exact) mass is 287 g/mol. The predicted molar refractivity (Wildman–Crippen MR) is 81.4 cm³/mol. The molecule has 112 valence electrons. The van der Waals surface area contributed by atoms with Crippen molar-refractivity contribution in [2.24, 2.45) is 11.8 Å². The standard InChI is InChI=1S/C17H21NO3/c1-11-3-2-4-13(11)10-18-9-12-5-6-15-14(7-12)8-16(21-15)17(19)20/h5-8,11,13,18H,2-4,9-10H2,1H3,(H,19,20). The fraction of sp³-hybridized carbons (Fsp3) is 0.471. The number of benzene rings is 1. The number of carboxylic acids is 1. The second-order valence-electron chi connectivity index (χ2n) is 6.09. The maximum Gasteiger partial charge on any atom is 0.371 e. The molecule has 0 radical (unpaired) electrons. The number of rotatable bonds is 5. The highest BCUT2D eigenvalue weighted by molar-refractivity contribution is 5.91. The van der Waals surface area contributed by atoms with Crippen LogP contribution in [0, 0.1) is 11.8 Å². The lowest BCUT2D eigenvalue weighted by molar-refractivity contribution is 0.0665. The first-order valence-corrected chi connectivity index (χ1v) is 7.60. The first kappa shape index (κ1) is 14.1. The molecule has 0 bridgehead atoms. The molecule has 4 nitrogen and oxygen atoms in total. The quantitative estimate of drug-likeness (QED) is 0.881. The van der Waals surface area contributed by atoms with Crippen LogP contribution in [0.5, 0.6) is 0 Å². The Bertz CT molecular complexity index is 647. The summed E-state index contributed by atoms with van der Waals surface area (Å²) in [5, 5.41) is 13.3. The van der Waals surface area contributed by atoms with E-state index in [1.54, 1.807) is 6.07 Å². The van der Waals surface area contributed by atoms with E-state index in [1.165, 1.54) is 19.3 Å². The van der Waals surface area contributed by atoms with Gasteiger partial charge in [-0.2, -0.15) is 0 Å². The van der Waals surface area contributed by atoms with Gasteiger partial charge < -0.3 is 14.8 Å². The highest BCUT2D eigenvalue weighted by Gasteiger charge is 2.22. The summed E-state index contributed by atoms with van der Waals surface area (Å²) < 4.78 is 5.26. The minimum atomic E-state index is -1.03. The zero-order valence-corrected chi connectivity index (χ0v) is 12.3. The van der Waals surface area contributed by atoms with Crippen molar-refractivity contribution in [2.75, 3.05) is 6.54 Å². The van der Waals surface area contributed by atoms with Crippen molar-refractivity contribution in [3.63, 3.8) is 0 Å². The Balaban J connectivity index is 1.63. The summed E-state index contributed by atoms with van der Waals surface area (Å²) in [6, 6.07) is 7.41. The number of carboxylic acid groups (broad SMARTS) is 1. The van der Waals surface area contributed by atoms with Gasteiger partial charge in [-0.25, -0.2) is 4.79 Å². The van der Waals surface area contributed by atoms with Crippen LogP contribution >= 0.6 is 0 Å². The predicted octanol–water partition coefficient (Wildman–Crippen LogP) is 3.66. The van der Waals surface area contributed by atoms with Gasteiger partial charge in [0.15, 0.2) is 0 Å². The Morgan fingerprint density at radius 2 is 2.24 bits per heavy atom. The Morgan fingerprint density at radius 1 is 1.38 bits per heavy atom. The van der Waals surface area contributed by atoms with Crippen molar-refractivity contribution >= 4 is 16.9 Å². The molecule has 1 fully saturated rings. The van der Waals surface area contributed by atoms with E-state index in [0.717, 1.165) is 35.9 Å². The molecule has 4 heteroatoms. The summed E-state index contributed by atoms with van der Waals surface area (Å²) in [6.45, 7) is 4.21. The second kappa shape index (κ2) is 5.90. The molecular weight excluding hydrogens is 266 g/mol. The van der Waals surface area contributed by atoms with Gasteiger partial charge in [0.1, 0.15) is 5.58 Å². The van der Waals surface area contributed by atoms with Crippen LogP contribution in [0.3, 0.4) is 0 Å². The lowest BCUT2D eigenvalue weighted by Gasteiger charge is -2.15. The SMILES string of the molecule is CC1CCCC1CNCc1ccc2oc(C(=O)O)cc2c1. The van der Waals surface area contributed by atoms with Crippen molar-refractivity contribution < 1.29 is 14.3 Å². The van der Waals surface area contributed by atoms with Gasteiger partial charge in [0.2, 0.25) is 5.76 Å². The molecule has 2 N–H and O–H groups in total. The lowest BCUT2D eigenvalue weighted by Crippen LogP contribution is -2.23. The summed E-state index contributed by atoms with van der Waals surface area (Å²) in [5.74, 6) is 0.587. The van der Waals surface area contributed by atoms with Gasteiger partial charge in [0.25, 0.3) is 0 Å². The van der Waals surface area contributed by atoms with Crippen LogP contribution in [0.1, 0.15) is 42.3 Å². The van der Waals surface area contributed by atoms with Crippen molar-refractivity contribution in [1.82, 2.24) is 5.32 Å². The van der Waals surface area contributed by atoms with Gasteiger partial charge in [-0.15, -0.1) is 0 Å². The van der Waals surface area contributed by atoms with E-state index in [0.29, 0.717) is 5.58 Å². The molecule has 0 spiro atoms. The fourth-order valence-corrected chi connectivity index (χ4v) is 3.24. The minimum absolute atomic E-state index is 0.00473. The Morgan fingerprint density at radius 3 is 2.95 bits per heavy atom. The smallest absolute Gasteiger partial charge is 0.371 e. The van der Waals surface area contributed by atoms with Gasteiger partial charge in [-0.05, 0) is 48.6 Å². The number of nitrogens with one attached hydrogen (secondary N) is 1. The number of aromatic carboxylic acids is 1. The third-order valence-electron chi connectivity index (χ3n) is 4.57. The molecule has 2 aromatic rings. The first-order chi connectivity index (χ1) is 10.1. The van der Waals surface area contributed by atoms with Gasteiger partial charge in [-0.3, -0.25) is 0 Å². The molecule has 2 unspecified atom stereocenters. The number of carbonyl (C=O) groups is 1. The average Bonchev–Trinajstić information content (AvgIpc) is 3.05. The van der Waals surface area contributed by atoms with Crippen LogP contribution in [0.4, 0.5) is 0 Å². The number of furan rings is 1. The van der Waals surface area contributed by atoms with E-state index in [1.807, 2.05) is 18.2 Å². The van der Waals surface area contributed by atoms with Crippen molar-refractivity contribution in [1.29, 1.82) is 0 Å². The molecule has 1 aliphatic carbocycles. The summed E-state index contributed by atoms with van der Waals surface area (Å²) in [5.41, 5.74) is 1.78. The molecule has 2 atom stereocenters. The van der Waals surface area contributed by atoms with Gasteiger partial charge >= 0.3 is 5.97 Å². The molecule has 0 saturated heterocycles. The molecule has 0 aliphatic heterocycles. The van der Waals surface area contributed by atoms with E-state index in [-0.39, 0.29) is 5.76 Å². The normalized spacial score (nSPS) is 22.0. The topological polar surface area (TPSA) is 62.5 Å². The first-order valence-electron chi connectivity index (χ1n) is 7.60. The third kappa shape index (κ3) is 3.10. The molecule has 1 saturated carbocycles. The third-order valence-corrected chi connectivity index (χ3v) is 4.57. The Kier molecular flexibility index (Phi) is 3.97.